The molecule has 20 heavy (non-hydrogen) atoms. The standard InChI is InChI=1S/C18H38N2/c1-15(2)7-11-20(12-8-16(3)4)18(14-19)10-9-17(5,6)13-18/h15-16H,7-14,19H2,1-6H3. The molecule has 0 heterocycles. The first-order valence-corrected chi connectivity index (χ1v) is 8.66. The summed E-state index contributed by atoms with van der Waals surface area (Å²) in [6.45, 7) is 17.4. The van der Waals surface area contributed by atoms with Gasteiger partial charge in [0.1, 0.15) is 0 Å². The third-order valence-electron chi connectivity index (χ3n) is 5.08. The summed E-state index contributed by atoms with van der Waals surface area (Å²) in [5.74, 6) is 1.56. The Bertz CT molecular complexity index is 271. The van der Waals surface area contributed by atoms with Crippen molar-refractivity contribution in [2.75, 3.05) is 19.6 Å². The lowest BCUT2D eigenvalue weighted by molar-refractivity contribution is 0.0781. The lowest BCUT2D eigenvalue weighted by Gasteiger charge is -2.42. The molecular formula is C18H38N2. The lowest BCUT2D eigenvalue weighted by Crippen LogP contribution is -2.53. The van der Waals surface area contributed by atoms with Crippen molar-refractivity contribution in [3.05, 3.63) is 0 Å². The number of rotatable bonds is 8. The van der Waals surface area contributed by atoms with Crippen LogP contribution in [0.5, 0.6) is 0 Å². The second kappa shape index (κ2) is 7.26. The van der Waals surface area contributed by atoms with Crippen LogP contribution in [0.1, 0.15) is 73.6 Å². The summed E-state index contributed by atoms with van der Waals surface area (Å²) in [5, 5.41) is 0. The first-order valence-electron chi connectivity index (χ1n) is 8.66. The fourth-order valence-electron chi connectivity index (χ4n) is 3.63. The predicted molar refractivity (Wildman–Crippen MR) is 89.9 cm³/mol. The molecular weight excluding hydrogens is 244 g/mol. The molecule has 2 heteroatoms. The molecule has 2 nitrogen and oxygen atoms in total. The number of nitrogens with two attached hydrogens (primary N) is 1. The molecule has 1 rings (SSSR count). The van der Waals surface area contributed by atoms with E-state index in [1.165, 1.54) is 45.2 Å². The fraction of sp³-hybridized carbons (Fsp3) is 1.00. The van der Waals surface area contributed by atoms with E-state index in [0.29, 0.717) is 5.41 Å². The topological polar surface area (TPSA) is 29.3 Å². The highest BCUT2D eigenvalue weighted by Gasteiger charge is 2.45. The van der Waals surface area contributed by atoms with Crippen LogP contribution in [0.25, 0.3) is 0 Å². The SMILES string of the molecule is CC(C)CCN(CCC(C)C)C1(CN)CCC(C)(C)C1. The predicted octanol–water partition coefficient (Wildman–Crippen LogP) is 4.29. The molecule has 0 aromatic heterocycles. The van der Waals surface area contributed by atoms with Crippen molar-refractivity contribution in [3.63, 3.8) is 0 Å². The summed E-state index contributed by atoms with van der Waals surface area (Å²) in [6.07, 6.45) is 6.46. The van der Waals surface area contributed by atoms with Crippen LogP contribution < -0.4 is 5.73 Å². The number of nitrogens with zero attached hydrogens (tertiary/aromatic N) is 1. The summed E-state index contributed by atoms with van der Waals surface area (Å²) in [4.78, 5) is 2.75. The molecule has 1 unspecified atom stereocenters. The Kier molecular flexibility index (Phi) is 6.53. The molecule has 0 saturated heterocycles. The van der Waals surface area contributed by atoms with Crippen LogP contribution in [0.3, 0.4) is 0 Å². The number of hydrogen-bond donors (Lipinski definition) is 1. The largest absolute Gasteiger partial charge is 0.329 e. The summed E-state index contributed by atoms with van der Waals surface area (Å²) in [5.41, 5.74) is 7.00. The minimum atomic E-state index is 0.271. The molecule has 120 valence electrons. The molecule has 1 aliphatic carbocycles. The van der Waals surface area contributed by atoms with E-state index in [-0.39, 0.29) is 5.54 Å². The zero-order valence-corrected chi connectivity index (χ0v) is 14.8. The van der Waals surface area contributed by atoms with Crippen molar-refractivity contribution in [1.82, 2.24) is 4.90 Å². The van der Waals surface area contributed by atoms with E-state index in [1.54, 1.807) is 0 Å². The van der Waals surface area contributed by atoms with Gasteiger partial charge in [-0.1, -0.05) is 41.5 Å². The summed E-state index contributed by atoms with van der Waals surface area (Å²) < 4.78 is 0. The minimum absolute atomic E-state index is 0.271. The molecule has 0 aliphatic heterocycles. The Hall–Kier alpha value is -0.0800. The van der Waals surface area contributed by atoms with E-state index in [1.807, 2.05) is 0 Å². The molecule has 0 radical (unpaired) electrons. The maximum absolute atomic E-state index is 6.26. The maximum atomic E-state index is 6.26. The Labute approximate surface area is 127 Å². The Morgan fingerprint density at radius 2 is 1.45 bits per heavy atom. The van der Waals surface area contributed by atoms with Crippen LogP contribution >= 0.6 is 0 Å². The smallest absolute Gasteiger partial charge is 0.0337 e. The molecule has 0 aromatic rings. The zero-order chi connectivity index (χ0) is 15.4. The molecule has 0 bridgehead atoms. The Balaban J connectivity index is 2.77. The van der Waals surface area contributed by atoms with Crippen molar-refractivity contribution in [2.24, 2.45) is 23.0 Å². The molecule has 2 N–H and O–H groups in total. The van der Waals surface area contributed by atoms with Crippen molar-refractivity contribution in [2.45, 2.75) is 79.2 Å². The third-order valence-corrected chi connectivity index (χ3v) is 5.08. The molecule has 0 aromatic carbocycles. The second-order valence-corrected chi connectivity index (χ2v) is 8.62. The van der Waals surface area contributed by atoms with Crippen molar-refractivity contribution >= 4 is 0 Å². The monoisotopic (exact) mass is 282 g/mol. The Morgan fingerprint density at radius 1 is 0.950 bits per heavy atom. The van der Waals surface area contributed by atoms with Gasteiger partial charge in [-0.15, -0.1) is 0 Å². The van der Waals surface area contributed by atoms with Gasteiger partial charge in [0.05, 0.1) is 0 Å². The fourth-order valence-corrected chi connectivity index (χ4v) is 3.63. The van der Waals surface area contributed by atoms with Gasteiger partial charge in [0.25, 0.3) is 0 Å². The zero-order valence-electron chi connectivity index (χ0n) is 14.8. The normalized spacial score (nSPS) is 26.1. The van der Waals surface area contributed by atoms with Gasteiger partial charge in [0.15, 0.2) is 0 Å². The highest BCUT2D eigenvalue weighted by atomic mass is 15.2. The second-order valence-electron chi connectivity index (χ2n) is 8.62. The van der Waals surface area contributed by atoms with Gasteiger partial charge in [-0.2, -0.15) is 0 Å². The average Bonchev–Trinajstić information content (AvgIpc) is 2.65. The lowest BCUT2D eigenvalue weighted by atomic mass is 9.86. The summed E-state index contributed by atoms with van der Waals surface area (Å²) >= 11 is 0. The van der Waals surface area contributed by atoms with E-state index in [2.05, 4.69) is 46.4 Å². The molecule has 0 spiro atoms. The van der Waals surface area contributed by atoms with Crippen LogP contribution in [-0.2, 0) is 0 Å². The summed E-state index contributed by atoms with van der Waals surface area (Å²) in [6, 6.07) is 0. The van der Waals surface area contributed by atoms with E-state index < -0.39 is 0 Å². The highest BCUT2D eigenvalue weighted by molar-refractivity contribution is 5.02. The van der Waals surface area contributed by atoms with Crippen LogP contribution in [0.4, 0.5) is 0 Å². The van der Waals surface area contributed by atoms with Gasteiger partial charge in [-0.05, 0) is 62.4 Å². The van der Waals surface area contributed by atoms with Crippen molar-refractivity contribution in [3.8, 4) is 0 Å². The molecule has 1 fully saturated rings. The van der Waals surface area contributed by atoms with Gasteiger partial charge in [0, 0.05) is 12.1 Å². The molecule has 1 aliphatic rings. The summed E-state index contributed by atoms with van der Waals surface area (Å²) in [7, 11) is 0. The van der Waals surface area contributed by atoms with Gasteiger partial charge in [-0.3, -0.25) is 4.90 Å². The van der Waals surface area contributed by atoms with Gasteiger partial charge in [0.2, 0.25) is 0 Å². The average molecular weight is 283 g/mol. The van der Waals surface area contributed by atoms with Gasteiger partial charge >= 0.3 is 0 Å². The van der Waals surface area contributed by atoms with Crippen LogP contribution in [0.15, 0.2) is 0 Å². The molecule has 1 atom stereocenters. The van der Waals surface area contributed by atoms with Crippen molar-refractivity contribution in [1.29, 1.82) is 0 Å². The molecule has 1 saturated carbocycles. The van der Waals surface area contributed by atoms with Crippen LogP contribution in [0, 0.1) is 17.3 Å². The van der Waals surface area contributed by atoms with Crippen LogP contribution in [-0.4, -0.2) is 30.1 Å². The minimum Gasteiger partial charge on any atom is -0.329 e. The Morgan fingerprint density at radius 3 is 1.75 bits per heavy atom. The van der Waals surface area contributed by atoms with E-state index in [4.69, 9.17) is 5.73 Å². The quantitative estimate of drug-likeness (QED) is 0.719. The number of hydrogen-bond acceptors (Lipinski definition) is 2. The third kappa shape index (κ3) is 5.04. The first kappa shape index (κ1) is 18.0. The van der Waals surface area contributed by atoms with E-state index in [9.17, 15) is 0 Å². The van der Waals surface area contributed by atoms with E-state index >= 15 is 0 Å². The van der Waals surface area contributed by atoms with Gasteiger partial charge < -0.3 is 5.73 Å². The van der Waals surface area contributed by atoms with Gasteiger partial charge in [-0.25, -0.2) is 0 Å². The van der Waals surface area contributed by atoms with Crippen molar-refractivity contribution < 1.29 is 0 Å². The maximum Gasteiger partial charge on any atom is 0.0337 e. The first-order chi connectivity index (χ1) is 9.21. The molecule has 0 amide bonds. The van der Waals surface area contributed by atoms with Crippen LogP contribution in [0.2, 0.25) is 0 Å². The van der Waals surface area contributed by atoms with E-state index in [0.717, 1.165) is 18.4 Å². The highest BCUT2D eigenvalue weighted by Crippen LogP contribution is 2.46.